The number of carboxylic acids is 1. The van der Waals surface area contributed by atoms with E-state index in [1.54, 1.807) is 13.8 Å². The third-order valence-electron chi connectivity index (χ3n) is 3.86. The van der Waals surface area contributed by atoms with E-state index in [4.69, 9.17) is 5.73 Å². The number of aryl methyl sites for hydroxylation is 1. The van der Waals surface area contributed by atoms with E-state index in [-0.39, 0.29) is 0 Å². The normalized spacial score (nSPS) is 11.9. The van der Waals surface area contributed by atoms with Gasteiger partial charge in [-0.25, -0.2) is 0 Å². The van der Waals surface area contributed by atoms with Crippen LogP contribution >= 0.6 is 0 Å². The average Bonchev–Trinajstić information content (AvgIpc) is 2.38. The largest absolute Gasteiger partial charge is 0.481 e. The molecule has 3 nitrogen and oxygen atoms in total. The van der Waals surface area contributed by atoms with Crippen molar-refractivity contribution in [2.45, 2.75) is 58.3 Å². The smallest absolute Gasteiger partial charge is 0.313 e. The summed E-state index contributed by atoms with van der Waals surface area (Å²) in [4.78, 5) is 11.5. The molecule has 0 aromatic heterocycles. The highest BCUT2D eigenvalue weighted by Crippen LogP contribution is 2.29. The molecule has 0 amide bonds. The van der Waals surface area contributed by atoms with Gasteiger partial charge in [-0.1, -0.05) is 32.0 Å². The molecule has 1 aromatic carbocycles. The molecular weight excluding hydrogens is 250 g/mol. The molecule has 0 radical (unpaired) electrons. The fourth-order valence-electron chi connectivity index (χ4n) is 2.15. The van der Waals surface area contributed by atoms with Crippen LogP contribution in [0.5, 0.6) is 0 Å². The highest BCUT2D eigenvalue weighted by molar-refractivity contribution is 5.80. The Labute approximate surface area is 122 Å². The first-order chi connectivity index (χ1) is 9.28. The highest BCUT2D eigenvalue weighted by atomic mass is 16.4. The Hall–Kier alpha value is -1.35. The molecule has 0 saturated heterocycles. The number of aliphatic carboxylic acids is 1. The lowest BCUT2D eigenvalue weighted by Crippen LogP contribution is -2.28. The summed E-state index contributed by atoms with van der Waals surface area (Å²) in [6.07, 6.45) is 3.01. The first-order valence-electron chi connectivity index (χ1n) is 7.36. The zero-order chi connectivity index (χ0) is 15.3. The Morgan fingerprint density at radius 2 is 1.90 bits per heavy atom. The Balaban J connectivity index is 3.14. The van der Waals surface area contributed by atoms with Crippen LogP contribution in [0.15, 0.2) is 18.2 Å². The average molecular weight is 277 g/mol. The Morgan fingerprint density at radius 1 is 1.25 bits per heavy atom. The maximum Gasteiger partial charge on any atom is 0.313 e. The van der Waals surface area contributed by atoms with E-state index in [0.29, 0.717) is 12.5 Å². The van der Waals surface area contributed by atoms with Gasteiger partial charge in [-0.15, -0.1) is 0 Å². The van der Waals surface area contributed by atoms with Crippen molar-refractivity contribution in [1.29, 1.82) is 0 Å². The van der Waals surface area contributed by atoms with Crippen molar-refractivity contribution in [2.75, 3.05) is 6.54 Å². The van der Waals surface area contributed by atoms with E-state index in [1.807, 2.05) is 12.1 Å². The third-order valence-corrected chi connectivity index (χ3v) is 3.86. The predicted octanol–water partition coefficient (Wildman–Crippen LogP) is 3.45. The summed E-state index contributed by atoms with van der Waals surface area (Å²) in [5, 5.41) is 9.41. The number of nitrogens with two attached hydrogens (primary N) is 1. The minimum absolute atomic E-state index is 0.396. The fraction of sp³-hybridized carbons (Fsp3) is 0.588. The molecule has 0 bridgehead atoms. The molecule has 0 heterocycles. The molecule has 20 heavy (non-hydrogen) atoms. The third kappa shape index (κ3) is 4.07. The van der Waals surface area contributed by atoms with Crippen molar-refractivity contribution < 1.29 is 9.90 Å². The molecule has 0 aliphatic rings. The van der Waals surface area contributed by atoms with Gasteiger partial charge in [0.2, 0.25) is 0 Å². The van der Waals surface area contributed by atoms with Gasteiger partial charge >= 0.3 is 5.97 Å². The topological polar surface area (TPSA) is 63.3 Å². The van der Waals surface area contributed by atoms with Crippen LogP contribution in [0.2, 0.25) is 0 Å². The lowest BCUT2D eigenvalue weighted by molar-refractivity contribution is -0.142. The molecule has 0 aliphatic carbocycles. The van der Waals surface area contributed by atoms with Gasteiger partial charge in [-0.2, -0.15) is 0 Å². The van der Waals surface area contributed by atoms with Crippen LogP contribution in [-0.4, -0.2) is 17.6 Å². The lowest BCUT2D eigenvalue weighted by Gasteiger charge is -2.22. The molecule has 0 saturated carbocycles. The molecule has 3 heteroatoms. The summed E-state index contributed by atoms with van der Waals surface area (Å²) in [5.41, 5.74) is 7.99. The van der Waals surface area contributed by atoms with E-state index >= 15 is 0 Å². The molecule has 1 aromatic rings. The first-order valence-corrected chi connectivity index (χ1v) is 7.36. The van der Waals surface area contributed by atoms with Gasteiger partial charge < -0.3 is 10.8 Å². The number of carboxylic acid groups (broad SMARTS) is 1. The van der Waals surface area contributed by atoms with E-state index in [9.17, 15) is 9.90 Å². The van der Waals surface area contributed by atoms with Crippen molar-refractivity contribution in [3.63, 3.8) is 0 Å². The predicted molar refractivity (Wildman–Crippen MR) is 83.2 cm³/mol. The number of unbranched alkanes of at least 4 members (excludes halogenated alkanes) is 1. The molecule has 3 N–H and O–H groups in total. The Morgan fingerprint density at radius 3 is 2.40 bits per heavy atom. The van der Waals surface area contributed by atoms with Gasteiger partial charge in [-0.05, 0) is 62.3 Å². The van der Waals surface area contributed by atoms with Crippen molar-refractivity contribution in [3.05, 3.63) is 34.9 Å². The minimum atomic E-state index is -0.854. The van der Waals surface area contributed by atoms with Gasteiger partial charge in [-0.3, -0.25) is 4.79 Å². The second kappa shape index (κ2) is 6.89. The van der Waals surface area contributed by atoms with Gasteiger partial charge in [0.1, 0.15) is 0 Å². The van der Waals surface area contributed by atoms with Crippen LogP contribution in [0.25, 0.3) is 0 Å². The van der Waals surface area contributed by atoms with E-state index in [0.717, 1.165) is 24.8 Å². The molecule has 0 unspecified atom stereocenters. The van der Waals surface area contributed by atoms with Crippen LogP contribution in [0.3, 0.4) is 0 Å². The Bertz CT molecular complexity index is 464. The number of rotatable bonds is 7. The van der Waals surface area contributed by atoms with E-state index in [2.05, 4.69) is 19.9 Å². The number of hydrogen-bond donors (Lipinski definition) is 2. The lowest BCUT2D eigenvalue weighted by atomic mass is 9.81. The quantitative estimate of drug-likeness (QED) is 0.750. The van der Waals surface area contributed by atoms with Crippen LogP contribution in [0, 0.1) is 0 Å². The van der Waals surface area contributed by atoms with Gasteiger partial charge in [0, 0.05) is 0 Å². The molecule has 1 rings (SSSR count). The van der Waals surface area contributed by atoms with Crippen LogP contribution < -0.4 is 5.73 Å². The first kappa shape index (κ1) is 16.7. The zero-order valence-corrected chi connectivity index (χ0v) is 13.1. The minimum Gasteiger partial charge on any atom is -0.481 e. The number of hydrogen-bond acceptors (Lipinski definition) is 2. The zero-order valence-electron chi connectivity index (χ0n) is 13.1. The van der Waals surface area contributed by atoms with Crippen molar-refractivity contribution in [3.8, 4) is 0 Å². The number of benzene rings is 1. The monoisotopic (exact) mass is 277 g/mol. The molecule has 112 valence electrons. The number of carbonyl (C=O) groups is 1. The van der Waals surface area contributed by atoms with Crippen LogP contribution in [0.4, 0.5) is 0 Å². The van der Waals surface area contributed by atoms with Crippen LogP contribution in [0.1, 0.15) is 63.1 Å². The summed E-state index contributed by atoms with van der Waals surface area (Å²) in [7, 11) is 0. The van der Waals surface area contributed by atoms with Gasteiger partial charge in [0.05, 0.1) is 5.41 Å². The summed E-state index contributed by atoms with van der Waals surface area (Å²) in [5.74, 6) is -0.390. The summed E-state index contributed by atoms with van der Waals surface area (Å²) < 4.78 is 0. The summed E-state index contributed by atoms with van der Waals surface area (Å²) in [6, 6.07) is 6.27. The fourth-order valence-corrected chi connectivity index (χ4v) is 2.15. The Kier molecular flexibility index (Phi) is 5.75. The van der Waals surface area contributed by atoms with Gasteiger partial charge in [0.15, 0.2) is 0 Å². The van der Waals surface area contributed by atoms with Crippen molar-refractivity contribution >= 4 is 5.97 Å². The van der Waals surface area contributed by atoms with Crippen molar-refractivity contribution in [2.24, 2.45) is 5.73 Å². The summed E-state index contributed by atoms with van der Waals surface area (Å²) in [6.45, 7) is 8.50. The van der Waals surface area contributed by atoms with E-state index in [1.165, 1.54) is 11.1 Å². The maximum absolute atomic E-state index is 11.5. The van der Waals surface area contributed by atoms with Crippen LogP contribution in [-0.2, 0) is 16.6 Å². The second-order valence-corrected chi connectivity index (χ2v) is 6.29. The molecule has 0 atom stereocenters. The standard InChI is InChI=1S/C17H27NO2/c1-12(2)14-9-13(7-5-6-8-18)10-15(11-14)17(3,4)16(19)20/h9-12H,5-8,18H2,1-4H3,(H,19,20). The molecule has 0 fully saturated rings. The molecular formula is C17H27NO2. The van der Waals surface area contributed by atoms with E-state index < -0.39 is 11.4 Å². The molecule has 0 aliphatic heterocycles. The van der Waals surface area contributed by atoms with Crippen molar-refractivity contribution in [1.82, 2.24) is 0 Å². The SMILES string of the molecule is CC(C)c1cc(CCCCN)cc(C(C)(C)C(=O)O)c1. The summed E-state index contributed by atoms with van der Waals surface area (Å²) >= 11 is 0. The van der Waals surface area contributed by atoms with Gasteiger partial charge in [0.25, 0.3) is 0 Å². The highest BCUT2D eigenvalue weighted by Gasteiger charge is 2.30. The molecule has 0 spiro atoms. The second-order valence-electron chi connectivity index (χ2n) is 6.29. The maximum atomic E-state index is 11.5.